The van der Waals surface area contributed by atoms with E-state index in [1.807, 2.05) is 0 Å². The number of hydrogen-bond acceptors (Lipinski definition) is 2. The Bertz CT molecular complexity index is 301. The first-order valence-corrected chi connectivity index (χ1v) is 6.77. The third-order valence-electron chi connectivity index (χ3n) is 3.21. The molecule has 104 valence electrons. The summed E-state index contributed by atoms with van der Waals surface area (Å²) in [7, 11) is 0. The third-order valence-corrected chi connectivity index (χ3v) is 3.21. The van der Waals surface area contributed by atoms with Gasteiger partial charge in [0.2, 0.25) is 0 Å². The van der Waals surface area contributed by atoms with Crippen LogP contribution in [0.25, 0.3) is 0 Å². The first kappa shape index (κ1) is 14.8. The fraction of sp³-hybridized carbons (Fsp3) is 0.846. The summed E-state index contributed by atoms with van der Waals surface area (Å²) >= 11 is 0. The Morgan fingerprint density at radius 3 is 2.39 bits per heavy atom. The minimum absolute atomic E-state index is 0.112. The second-order valence-corrected chi connectivity index (χ2v) is 5.29. The minimum atomic E-state index is -0.968. The molecule has 1 atom stereocenters. The largest absolute Gasteiger partial charge is 0.480 e. The molecule has 0 bridgehead atoms. The highest BCUT2D eigenvalue weighted by Crippen LogP contribution is 2.27. The van der Waals surface area contributed by atoms with E-state index in [1.165, 1.54) is 0 Å². The normalized spacial score (nSPS) is 16.4. The lowest BCUT2D eigenvalue weighted by Crippen LogP contribution is -2.51. The number of aliphatic carboxylic acids is 1. The number of urea groups is 1. The first-order chi connectivity index (χ1) is 8.47. The highest BCUT2D eigenvalue weighted by molar-refractivity contribution is 5.83. The Hall–Kier alpha value is -1.26. The van der Waals surface area contributed by atoms with Crippen LogP contribution in [0.5, 0.6) is 0 Å². The van der Waals surface area contributed by atoms with Crippen molar-refractivity contribution >= 4 is 12.0 Å². The molecule has 0 aromatic heterocycles. The van der Waals surface area contributed by atoms with Crippen LogP contribution in [0.3, 0.4) is 0 Å². The predicted octanol–water partition coefficient (Wildman–Crippen LogP) is 2.07. The molecule has 0 saturated heterocycles. The van der Waals surface area contributed by atoms with E-state index in [0.717, 1.165) is 32.2 Å². The maximum absolute atomic E-state index is 12.1. The van der Waals surface area contributed by atoms with Gasteiger partial charge < -0.3 is 15.3 Å². The van der Waals surface area contributed by atoms with Crippen molar-refractivity contribution in [1.82, 2.24) is 10.2 Å². The second-order valence-electron chi connectivity index (χ2n) is 5.29. The van der Waals surface area contributed by atoms with Gasteiger partial charge in [0.1, 0.15) is 6.04 Å². The van der Waals surface area contributed by atoms with Crippen molar-refractivity contribution < 1.29 is 14.7 Å². The monoisotopic (exact) mass is 256 g/mol. The number of carboxylic acids is 1. The van der Waals surface area contributed by atoms with E-state index in [9.17, 15) is 9.59 Å². The molecule has 0 radical (unpaired) electrons. The Balaban J connectivity index is 2.56. The van der Waals surface area contributed by atoms with E-state index in [4.69, 9.17) is 5.11 Å². The Morgan fingerprint density at radius 1 is 1.39 bits per heavy atom. The van der Waals surface area contributed by atoms with Crippen LogP contribution in [-0.2, 0) is 4.79 Å². The van der Waals surface area contributed by atoms with Crippen molar-refractivity contribution in [2.75, 3.05) is 6.54 Å². The van der Waals surface area contributed by atoms with Gasteiger partial charge in [-0.15, -0.1) is 0 Å². The lowest BCUT2D eigenvalue weighted by atomic mass is 10.1. The zero-order valence-electron chi connectivity index (χ0n) is 11.5. The fourth-order valence-electron chi connectivity index (χ4n) is 1.89. The molecule has 1 aliphatic carbocycles. The minimum Gasteiger partial charge on any atom is -0.480 e. The number of nitrogens with one attached hydrogen (secondary N) is 1. The van der Waals surface area contributed by atoms with Crippen molar-refractivity contribution in [2.45, 2.75) is 58.5 Å². The predicted molar refractivity (Wildman–Crippen MR) is 69.4 cm³/mol. The molecule has 1 saturated carbocycles. The Kier molecular flexibility index (Phi) is 5.44. The van der Waals surface area contributed by atoms with Crippen LogP contribution in [-0.4, -0.2) is 40.6 Å². The van der Waals surface area contributed by atoms with Crippen molar-refractivity contribution in [3.8, 4) is 0 Å². The van der Waals surface area contributed by atoms with Gasteiger partial charge in [-0.3, -0.25) is 0 Å². The summed E-state index contributed by atoms with van der Waals surface area (Å²) in [5.41, 5.74) is 0. The molecule has 2 N–H and O–H groups in total. The average Bonchev–Trinajstić information content (AvgIpc) is 3.09. The average molecular weight is 256 g/mol. The molecule has 1 fully saturated rings. The highest BCUT2D eigenvalue weighted by Gasteiger charge is 2.34. The molecule has 5 nitrogen and oxygen atoms in total. The molecular weight excluding hydrogens is 232 g/mol. The van der Waals surface area contributed by atoms with Crippen molar-refractivity contribution in [1.29, 1.82) is 0 Å². The van der Waals surface area contributed by atoms with E-state index in [0.29, 0.717) is 6.04 Å². The number of carboxylic acid groups (broad SMARTS) is 1. The molecule has 1 aliphatic rings. The lowest BCUT2D eigenvalue weighted by Gasteiger charge is -2.26. The van der Waals surface area contributed by atoms with Gasteiger partial charge in [-0.2, -0.15) is 0 Å². The summed E-state index contributed by atoms with van der Waals surface area (Å²) in [6.45, 7) is 6.40. The lowest BCUT2D eigenvalue weighted by molar-refractivity contribution is -0.140. The summed E-state index contributed by atoms with van der Waals surface area (Å²) in [5.74, 6) is -1.08. The topological polar surface area (TPSA) is 69.6 Å². The van der Waals surface area contributed by atoms with Crippen LogP contribution < -0.4 is 5.32 Å². The zero-order chi connectivity index (χ0) is 13.7. The first-order valence-electron chi connectivity index (χ1n) is 6.77. The summed E-state index contributed by atoms with van der Waals surface area (Å²) < 4.78 is 0. The summed E-state index contributed by atoms with van der Waals surface area (Å²) in [6.07, 6.45) is 4.07. The van der Waals surface area contributed by atoms with Gasteiger partial charge in [-0.05, 0) is 25.2 Å². The van der Waals surface area contributed by atoms with Gasteiger partial charge in [-0.25, -0.2) is 9.59 Å². The molecule has 18 heavy (non-hydrogen) atoms. The summed E-state index contributed by atoms with van der Waals surface area (Å²) in [4.78, 5) is 25.0. The second kappa shape index (κ2) is 6.61. The van der Waals surface area contributed by atoms with Crippen molar-refractivity contribution in [2.24, 2.45) is 5.92 Å². The fourth-order valence-corrected chi connectivity index (χ4v) is 1.89. The van der Waals surface area contributed by atoms with Gasteiger partial charge >= 0.3 is 12.0 Å². The van der Waals surface area contributed by atoms with Crippen LogP contribution in [0, 0.1) is 5.92 Å². The number of nitrogens with zero attached hydrogens (tertiary/aromatic N) is 1. The number of carbonyl (C=O) groups excluding carboxylic acids is 1. The van der Waals surface area contributed by atoms with Crippen LogP contribution >= 0.6 is 0 Å². The number of carbonyl (C=O) groups is 2. The third kappa shape index (κ3) is 4.20. The van der Waals surface area contributed by atoms with Gasteiger partial charge in [0.15, 0.2) is 0 Å². The molecule has 5 heteroatoms. The van der Waals surface area contributed by atoms with Crippen LogP contribution in [0.4, 0.5) is 4.79 Å². The summed E-state index contributed by atoms with van der Waals surface area (Å²) in [5, 5.41) is 11.7. The molecule has 1 rings (SSSR count). The molecule has 0 aromatic rings. The number of amides is 2. The van der Waals surface area contributed by atoms with Gasteiger partial charge in [0, 0.05) is 12.6 Å². The van der Waals surface area contributed by atoms with E-state index < -0.39 is 12.0 Å². The molecule has 0 aliphatic heterocycles. The van der Waals surface area contributed by atoms with Crippen LogP contribution in [0.1, 0.15) is 46.5 Å². The van der Waals surface area contributed by atoms with Gasteiger partial charge in [0.25, 0.3) is 0 Å². The van der Waals surface area contributed by atoms with Crippen LogP contribution in [0.2, 0.25) is 0 Å². The van der Waals surface area contributed by atoms with Crippen molar-refractivity contribution in [3.05, 3.63) is 0 Å². The zero-order valence-corrected chi connectivity index (χ0v) is 11.5. The van der Waals surface area contributed by atoms with E-state index >= 15 is 0 Å². The quantitative estimate of drug-likeness (QED) is 0.732. The molecule has 0 heterocycles. The van der Waals surface area contributed by atoms with Gasteiger partial charge in [-0.1, -0.05) is 27.2 Å². The standard InChI is InChI=1S/C13H24N2O3/c1-4-5-8-15(10-6-7-10)13(18)14-11(9(2)3)12(16)17/h9-11H,4-8H2,1-3H3,(H,14,18)(H,16,17)/t11-/m1/s1. The van der Waals surface area contributed by atoms with Crippen LogP contribution in [0.15, 0.2) is 0 Å². The highest BCUT2D eigenvalue weighted by atomic mass is 16.4. The maximum Gasteiger partial charge on any atom is 0.326 e. The van der Waals surface area contributed by atoms with Crippen molar-refractivity contribution in [3.63, 3.8) is 0 Å². The maximum atomic E-state index is 12.1. The van der Waals surface area contributed by atoms with E-state index in [2.05, 4.69) is 12.2 Å². The number of hydrogen-bond donors (Lipinski definition) is 2. The van der Waals surface area contributed by atoms with E-state index in [-0.39, 0.29) is 11.9 Å². The number of unbranched alkanes of at least 4 members (excludes halogenated alkanes) is 1. The van der Waals surface area contributed by atoms with Gasteiger partial charge in [0.05, 0.1) is 0 Å². The van der Waals surface area contributed by atoms with E-state index in [1.54, 1.807) is 18.7 Å². The molecule has 0 unspecified atom stereocenters. The Morgan fingerprint density at radius 2 is 2.00 bits per heavy atom. The molecule has 0 aromatic carbocycles. The molecule has 0 spiro atoms. The Labute approximate surface area is 109 Å². The smallest absolute Gasteiger partial charge is 0.326 e. The molecule has 2 amide bonds. The number of rotatable bonds is 7. The molecular formula is C13H24N2O3. The SMILES string of the molecule is CCCCN(C(=O)N[C@@H](C(=O)O)C(C)C)C1CC1. The summed E-state index contributed by atoms with van der Waals surface area (Å²) in [6, 6.07) is -0.717.